The van der Waals surface area contributed by atoms with E-state index in [2.05, 4.69) is 15.1 Å². The Labute approximate surface area is 119 Å². The smallest absolute Gasteiger partial charge is 0.234 e. The number of benzene rings is 1. The minimum atomic E-state index is -0.443. The lowest BCUT2D eigenvalue weighted by atomic mass is 10.1. The summed E-state index contributed by atoms with van der Waals surface area (Å²) in [5.74, 6) is -0.129. The second-order valence-corrected chi connectivity index (χ2v) is 4.34. The van der Waals surface area contributed by atoms with Crippen molar-refractivity contribution in [2.24, 2.45) is 0 Å². The van der Waals surface area contributed by atoms with E-state index in [-0.39, 0.29) is 23.9 Å². The second kappa shape index (κ2) is 5.62. The first-order chi connectivity index (χ1) is 10.2. The number of carbonyl (C=O) groups is 1. The highest BCUT2D eigenvalue weighted by Gasteiger charge is 2.14. The largest absolute Gasteiger partial charge is 0.338 e. The lowest BCUT2D eigenvalue weighted by Crippen LogP contribution is -2.03. The Kier molecular flexibility index (Phi) is 3.51. The summed E-state index contributed by atoms with van der Waals surface area (Å²) >= 11 is 0. The summed E-state index contributed by atoms with van der Waals surface area (Å²) in [7, 11) is 0. The van der Waals surface area contributed by atoms with Crippen LogP contribution in [-0.2, 0) is 6.42 Å². The SMILES string of the molecule is O=C(Cc1nc(-c2ccc(F)cn2)no1)c1ccccc1. The summed E-state index contributed by atoms with van der Waals surface area (Å²) in [5.41, 5.74) is 0.968. The minimum Gasteiger partial charge on any atom is -0.338 e. The van der Waals surface area contributed by atoms with Crippen LogP contribution < -0.4 is 0 Å². The van der Waals surface area contributed by atoms with Gasteiger partial charge in [0.15, 0.2) is 5.78 Å². The maximum absolute atomic E-state index is 12.8. The number of ketones is 1. The number of rotatable bonds is 4. The molecule has 3 aromatic rings. The molecule has 0 atom stereocenters. The van der Waals surface area contributed by atoms with Crippen LogP contribution >= 0.6 is 0 Å². The van der Waals surface area contributed by atoms with Gasteiger partial charge in [-0.2, -0.15) is 4.98 Å². The van der Waals surface area contributed by atoms with Gasteiger partial charge in [0, 0.05) is 5.56 Å². The molecule has 0 fully saturated rings. The van der Waals surface area contributed by atoms with Crippen molar-refractivity contribution in [2.45, 2.75) is 6.42 Å². The second-order valence-electron chi connectivity index (χ2n) is 4.34. The van der Waals surface area contributed by atoms with Crippen LogP contribution in [0.4, 0.5) is 4.39 Å². The molecular formula is C15H10FN3O2. The van der Waals surface area contributed by atoms with E-state index < -0.39 is 5.82 Å². The van der Waals surface area contributed by atoms with Crippen molar-refractivity contribution < 1.29 is 13.7 Å². The van der Waals surface area contributed by atoms with Gasteiger partial charge < -0.3 is 4.52 Å². The molecule has 21 heavy (non-hydrogen) atoms. The summed E-state index contributed by atoms with van der Waals surface area (Å²) in [4.78, 5) is 20.0. The molecular weight excluding hydrogens is 273 g/mol. The molecule has 0 saturated heterocycles. The molecule has 0 saturated carbocycles. The van der Waals surface area contributed by atoms with Crippen molar-refractivity contribution in [2.75, 3.05) is 0 Å². The molecule has 0 N–H and O–H groups in total. The molecule has 0 unspecified atom stereocenters. The molecule has 0 amide bonds. The third-order valence-corrected chi connectivity index (χ3v) is 2.83. The van der Waals surface area contributed by atoms with Gasteiger partial charge in [0.25, 0.3) is 0 Å². The Bertz CT molecular complexity index is 754. The molecule has 6 heteroatoms. The van der Waals surface area contributed by atoms with Crippen LogP contribution in [0.1, 0.15) is 16.2 Å². The predicted octanol–water partition coefficient (Wildman–Crippen LogP) is 2.70. The molecule has 5 nitrogen and oxygen atoms in total. The maximum Gasteiger partial charge on any atom is 0.234 e. The van der Waals surface area contributed by atoms with Gasteiger partial charge in [-0.1, -0.05) is 35.5 Å². The molecule has 0 bridgehead atoms. The normalized spacial score (nSPS) is 10.5. The van der Waals surface area contributed by atoms with Gasteiger partial charge in [-0.25, -0.2) is 9.37 Å². The van der Waals surface area contributed by atoms with Crippen LogP contribution in [0.25, 0.3) is 11.5 Å². The van der Waals surface area contributed by atoms with Crippen molar-refractivity contribution in [3.63, 3.8) is 0 Å². The van der Waals surface area contributed by atoms with Crippen molar-refractivity contribution in [1.29, 1.82) is 0 Å². The number of hydrogen-bond acceptors (Lipinski definition) is 5. The van der Waals surface area contributed by atoms with Crippen molar-refractivity contribution in [3.05, 3.63) is 65.9 Å². The molecule has 2 aromatic heterocycles. The van der Waals surface area contributed by atoms with Crippen molar-refractivity contribution in [3.8, 4) is 11.5 Å². The van der Waals surface area contributed by atoms with Crippen LogP contribution in [0.5, 0.6) is 0 Å². The van der Waals surface area contributed by atoms with Gasteiger partial charge in [-0.05, 0) is 12.1 Å². The van der Waals surface area contributed by atoms with Gasteiger partial charge in [0.05, 0.1) is 12.6 Å². The van der Waals surface area contributed by atoms with Crippen LogP contribution in [-0.4, -0.2) is 20.9 Å². The first-order valence-corrected chi connectivity index (χ1v) is 6.25. The zero-order valence-electron chi connectivity index (χ0n) is 10.9. The van der Waals surface area contributed by atoms with E-state index in [1.165, 1.54) is 12.1 Å². The van der Waals surface area contributed by atoms with Gasteiger partial charge in [-0.3, -0.25) is 4.79 Å². The number of hydrogen-bond donors (Lipinski definition) is 0. The number of pyridine rings is 1. The van der Waals surface area contributed by atoms with Crippen LogP contribution in [0.15, 0.2) is 53.2 Å². The van der Waals surface area contributed by atoms with Crippen LogP contribution in [0, 0.1) is 5.82 Å². The molecule has 0 aliphatic heterocycles. The molecule has 0 spiro atoms. The highest BCUT2D eigenvalue weighted by molar-refractivity contribution is 5.96. The van der Waals surface area contributed by atoms with Crippen molar-refractivity contribution in [1.82, 2.24) is 15.1 Å². The quantitative estimate of drug-likeness (QED) is 0.688. The fourth-order valence-electron chi connectivity index (χ4n) is 1.80. The van der Waals surface area contributed by atoms with E-state index in [4.69, 9.17) is 4.52 Å². The number of halogens is 1. The summed E-state index contributed by atoms with van der Waals surface area (Å²) in [6.45, 7) is 0. The van der Waals surface area contributed by atoms with Gasteiger partial charge >= 0.3 is 0 Å². The fourth-order valence-corrected chi connectivity index (χ4v) is 1.80. The highest BCUT2D eigenvalue weighted by Crippen LogP contribution is 2.14. The summed E-state index contributed by atoms with van der Waals surface area (Å²) in [5, 5.41) is 3.74. The molecule has 0 aliphatic rings. The Morgan fingerprint density at radius 2 is 1.95 bits per heavy atom. The Morgan fingerprint density at radius 3 is 2.67 bits per heavy atom. The maximum atomic E-state index is 12.8. The van der Waals surface area contributed by atoms with Gasteiger partial charge in [-0.15, -0.1) is 0 Å². The van der Waals surface area contributed by atoms with E-state index >= 15 is 0 Å². The van der Waals surface area contributed by atoms with Crippen LogP contribution in [0.3, 0.4) is 0 Å². The van der Waals surface area contributed by atoms with Gasteiger partial charge in [0.2, 0.25) is 11.7 Å². The molecule has 0 radical (unpaired) electrons. The number of nitrogens with zero attached hydrogens (tertiary/aromatic N) is 3. The Morgan fingerprint density at radius 1 is 1.14 bits per heavy atom. The Hall–Kier alpha value is -2.89. The zero-order chi connectivity index (χ0) is 14.7. The average molecular weight is 283 g/mol. The van der Waals surface area contributed by atoms with E-state index in [0.29, 0.717) is 11.3 Å². The van der Waals surface area contributed by atoms with Crippen molar-refractivity contribution >= 4 is 5.78 Å². The highest BCUT2D eigenvalue weighted by atomic mass is 19.1. The van der Waals surface area contributed by atoms with E-state index in [0.717, 1.165) is 6.20 Å². The van der Waals surface area contributed by atoms with Gasteiger partial charge in [0.1, 0.15) is 11.5 Å². The summed E-state index contributed by atoms with van der Waals surface area (Å²) < 4.78 is 17.8. The molecule has 104 valence electrons. The first kappa shape index (κ1) is 13.1. The lowest BCUT2D eigenvalue weighted by Gasteiger charge is -1.96. The van der Waals surface area contributed by atoms with E-state index in [1.54, 1.807) is 24.3 Å². The van der Waals surface area contributed by atoms with E-state index in [9.17, 15) is 9.18 Å². The summed E-state index contributed by atoms with van der Waals surface area (Å²) in [6.07, 6.45) is 1.08. The molecule has 0 aliphatic carbocycles. The molecule has 2 heterocycles. The third kappa shape index (κ3) is 3.00. The monoisotopic (exact) mass is 283 g/mol. The average Bonchev–Trinajstić information content (AvgIpc) is 2.97. The zero-order valence-corrected chi connectivity index (χ0v) is 10.9. The topological polar surface area (TPSA) is 68.9 Å². The number of carbonyl (C=O) groups excluding carboxylic acids is 1. The lowest BCUT2D eigenvalue weighted by molar-refractivity contribution is 0.0983. The minimum absolute atomic E-state index is 0.0121. The third-order valence-electron chi connectivity index (χ3n) is 2.83. The van der Waals surface area contributed by atoms with E-state index in [1.807, 2.05) is 6.07 Å². The number of aromatic nitrogens is 3. The molecule has 1 aromatic carbocycles. The van der Waals surface area contributed by atoms with Crippen LogP contribution in [0.2, 0.25) is 0 Å². The predicted molar refractivity (Wildman–Crippen MR) is 72.0 cm³/mol. The number of Topliss-reactive ketones (excluding diaryl/α,β-unsaturated/α-hetero) is 1. The fraction of sp³-hybridized carbons (Fsp3) is 0.0667. The Balaban J connectivity index is 1.76. The standard InChI is InChI=1S/C15H10FN3O2/c16-11-6-7-12(17-9-11)15-18-14(21-19-15)8-13(20)10-4-2-1-3-5-10/h1-7,9H,8H2. The molecule has 3 rings (SSSR count). The summed E-state index contributed by atoms with van der Waals surface area (Å²) in [6, 6.07) is 11.6. The first-order valence-electron chi connectivity index (χ1n) is 6.25.